The van der Waals surface area contributed by atoms with Crippen molar-refractivity contribution < 1.29 is 9.59 Å². The summed E-state index contributed by atoms with van der Waals surface area (Å²) in [7, 11) is 0. The Kier molecular flexibility index (Phi) is 9.30. The predicted octanol–water partition coefficient (Wildman–Crippen LogP) is 6.17. The van der Waals surface area contributed by atoms with Gasteiger partial charge in [-0.3, -0.25) is 9.59 Å². The largest absolute Gasteiger partial charge is 0.352 e. The van der Waals surface area contributed by atoms with E-state index in [0.29, 0.717) is 37.6 Å². The first-order valence-electron chi connectivity index (χ1n) is 9.60. The van der Waals surface area contributed by atoms with Gasteiger partial charge in [0.1, 0.15) is 6.04 Å². The Bertz CT molecular complexity index is 918. The van der Waals surface area contributed by atoms with E-state index in [2.05, 4.69) is 5.32 Å². The van der Waals surface area contributed by atoms with E-state index >= 15 is 0 Å². The summed E-state index contributed by atoms with van der Waals surface area (Å²) in [5.74, 6) is -0.455. The molecule has 8 heteroatoms. The Balaban J connectivity index is 2.37. The van der Waals surface area contributed by atoms with Gasteiger partial charge >= 0.3 is 0 Å². The summed E-state index contributed by atoms with van der Waals surface area (Å²) in [6, 6.07) is 9.36. The fraction of sp³-hybridized carbons (Fsp3) is 0.364. The van der Waals surface area contributed by atoms with Crippen molar-refractivity contribution >= 4 is 58.2 Å². The number of halogens is 4. The van der Waals surface area contributed by atoms with E-state index in [0.717, 1.165) is 0 Å². The second-order valence-corrected chi connectivity index (χ2v) is 8.94. The lowest BCUT2D eigenvalue weighted by molar-refractivity contribution is -0.141. The van der Waals surface area contributed by atoms with Gasteiger partial charge in [-0.05, 0) is 55.7 Å². The molecule has 30 heavy (non-hydrogen) atoms. The number of carbonyl (C=O) groups excluding carboxylic acids is 2. The van der Waals surface area contributed by atoms with Crippen LogP contribution in [0.15, 0.2) is 36.4 Å². The van der Waals surface area contributed by atoms with Crippen molar-refractivity contribution in [2.45, 2.75) is 52.2 Å². The molecule has 1 N–H and O–H groups in total. The third-order valence-corrected chi connectivity index (χ3v) is 5.70. The molecule has 2 aromatic carbocycles. The first-order valence-corrected chi connectivity index (χ1v) is 11.1. The average Bonchev–Trinajstić information content (AvgIpc) is 2.64. The Hall–Kier alpha value is -1.46. The smallest absolute Gasteiger partial charge is 0.243 e. The highest BCUT2D eigenvalue weighted by molar-refractivity contribution is 6.35. The first-order chi connectivity index (χ1) is 14.1. The third-order valence-electron chi connectivity index (χ3n) is 4.53. The topological polar surface area (TPSA) is 49.4 Å². The van der Waals surface area contributed by atoms with Gasteiger partial charge in [-0.1, -0.05) is 65.5 Å². The minimum absolute atomic E-state index is 0.0344. The molecule has 0 saturated carbocycles. The van der Waals surface area contributed by atoms with Gasteiger partial charge in [0, 0.05) is 32.7 Å². The Morgan fingerprint density at radius 2 is 1.47 bits per heavy atom. The number of rotatable bonds is 8. The summed E-state index contributed by atoms with van der Waals surface area (Å²) in [5, 5.41) is 4.72. The second-order valence-electron chi connectivity index (χ2n) is 7.26. The molecule has 4 nitrogen and oxygen atoms in total. The lowest BCUT2D eigenvalue weighted by atomic mass is 10.1. The highest BCUT2D eigenvalue weighted by Gasteiger charge is 2.29. The number of benzene rings is 2. The summed E-state index contributed by atoms with van der Waals surface area (Å²) in [5.41, 5.74) is 1.34. The highest BCUT2D eigenvalue weighted by atomic mass is 35.5. The Morgan fingerprint density at radius 1 is 0.933 bits per heavy atom. The van der Waals surface area contributed by atoms with Gasteiger partial charge in [0.25, 0.3) is 0 Å². The van der Waals surface area contributed by atoms with Crippen molar-refractivity contribution in [2.24, 2.45) is 0 Å². The van der Waals surface area contributed by atoms with Crippen molar-refractivity contribution in [3.8, 4) is 0 Å². The molecular formula is C22H24Cl4N2O2. The van der Waals surface area contributed by atoms with Crippen LogP contribution in [0.4, 0.5) is 0 Å². The van der Waals surface area contributed by atoms with E-state index in [1.54, 1.807) is 36.4 Å². The van der Waals surface area contributed by atoms with Gasteiger partial charge in [-0.2, -0.15) is 0 Å². The van der Waals surface area contributed by atoms with Crippen LogP contribution in [0.2, 0.25) is 20.1 Å². The van der Waals surface area contributed by atoms with E-state index in [1.165, 1.54) is 4.90 Å². The van der Waals surface area contributed by atoms with Crippen LogP contribution in [0.3, 0.4) is 0 Å². The third kappa shape index (κ3) is 6.78. The van der Waals surface area contributed by atoms with Gasteiger partial charge in [-0.25, -0.2) is 0 Å². The second kappa shape index (κ2) is 11.2. The maximum absolute atomic E-state index is 13.3. The molecule has 0 unspecified atom stereocenters. The standard InChI is InChI=1S/C22H24Cl4N2O2/c1-4-20(22(30)27-13(2)3)28(12-15-6-8-17(24)11-19(15)26)21(29)9-14-5-7-16(23)10-18(14)25/h5-8,10-11,13,20H,4,9,12H2,1-3H3,(H,27,30)/t20-/m0/s1. The summed E-state index contributed by atoms with van der Waals surface area (Å²) < 4.78 is 0. The summed E-state index contributed by atoms with van der Waals surface area (Å²) in [4.78, 5) is 27.7. The number of nitrogens with one attached hydrogen (secondary N) is 1. The normalized spacial score (nSPS) is 12.0. The molecule has 0 fully saturated rings. The molecule has 2 aromatic rings. The number of hydrogen-bond acceptors (Lipinski definition) is 2. The van der Waals surface area contributed by atoms with Crippen molar-refractivity contribution in [3.63, 3.8) is 0 Å². The molecule has 0 aromatic heterocycles. The van der Waals surface area contributed by atoms with Crippen molar-refractivity contribution in [3.05, 3.63) is 67.6 Å². The zero-order valence-corrected chi connectivity index (χ0v) is 20.0. The molecule has 0 aliphatic carbocycles. The number of hydrogen-bond donors (Lipinski definition) is 1. The van der Waals surface area contributed by atoms with Crippen LogP contribution < -0.4 is 5.32 Å². The Labute approximate surface area is 197 Å². The van der Waals surface area contributed by atoms with Crippen LogP contribution in [-0.4, -0.2) is 28.8 Å². The number of carbonyl (C=O) groups is 2. The molecule has 2 amide bonds. The zero-order chi connectivity index (χ0) is 22.4. The van der Waals surface area contributed by atoms with Crippen LogP contribution in [0.5, 0.6) is 0 Å². The molecule has 0 spiro atoms. The maximum atomic E-state index is 13.3. The fourth-order valence-corrected chi connectivity index (χ4v) is 4.01. The molecule has 0 bridgehead atoms. The molecule has 162 valence electrons. The van der Waals surface area contributed by atoms with Crippen LogP contribution >= 0.6 is 46.4 Å². The molecule has 0 aliphatic rings. The SMILES string of the molecule is CC[C@@H](C(=O)NC(C)C)N(Cc1ccc(Cl)cc1Cl)C(=O)Cc1ccc(Cl)cc1Cl. The maximum Gasteiger partial charge on any atom is 0.243 e. The predicted molar refractivity (Wildman–Crippen MR) is 125 cm³/mol. The number of nitrogens with zero attached hydrogens (tertiary/aromatic N) is 1. The van der Waals surface area contributed by atoms with Gasteiger partial charge in [0.05, 0.1) is 6.42 Å². The molecule has 0 radical (unpaired) electrons. The lowest BCUT2D eigenvalue weighted by Crippen LogP contribution is -2.50. The van der Waals surface area contributed by atoms with Crippen molar-refractivity contribution in [2.75, 3.05) is 0 Å². The van der Waals surface area contributed by atoms with Gasteiger partial charge < -0.3 is 10.2 Å². The van der Waals surface area contributed by atoms with E-state index in [4.69, 9.17) is 46.4 Å². The van der Waals surface area contributed by atoms with Crippen molar-refractivity contribution in [1.29, 1.82) is 0 Å². The van der Waals surface area contributed by atoms with Gasteiger partial charge in [-0.15, -0.1) is 0 Å². The summed E-state index contributed by atoms with van der Waals surface area (Å²) >= 11 is 24.5. The monoisotopic (exact) mass is 488 g/mol. The molecular weight excluding hydrogens is 466 g/mol. The van der Waals surface area contributed by atoms with E-state index in [-0.39, 0.29) is 30.8 Å². The summed E-state index contributed by atoms with van der Waals surface area (Å²) in [6.07, 6.45) is 0.483. The van der Waals surface area contributed by atoms with Crippen molar-refractivity contribution in [1.82, 2.24) is 10.2 Å². The minimum Gasteiger partial charge on any atom is -0.352 e. The minimum atomic E-state index is -0.655. The first kappa shape index (κ1) is 24.8. The summed E-state index contributed by atoms with van der Waals surface area (Å²) in [6.45, 7) is 5.79. The molecule has 0 saturated heterocycles. The number of amides is 2. The fourth-order valence-electron chi connectivity index (χ4n) is 3.06. The molecule has 1 atom stereocenters. The van der Waals surface area contributed by atoms with Crippen LogP contribution in [0.1, 0.15) is 38.3 Å². The Morgan fingerprint density at radius 3 is 1.93 bits per heavy atom. The molecule has 2 rings (SSSR count). The van der Waals surface area contributed by atoms with Crippen LogP contribution in [0.25, 0.3) is 0 Å². The average molecular weight is 490 g/mol. The molecule has 0 heterocycles. The van der Waals surface area contributed by atoms with E-state index in [1.807, 2.05) is 20.8 Å². The quantitative estimate of drug-likeness (QED) is 0.481. The highest BCUT2D eigenvalue weighted by Crippen LogP contribution is 2.26. The van der Waals surface area contributed by atoms with E-state index in [9.17, 15) is 9.59 Å². The van der Waals surface area contributed by atoms with Gasteiger partial charge in [0.2, 0.25) is 11.8 Å². The zero-order valence-electron chi connectivity index (χ0n) is 17.0. The van der Waals surface area contributed by atoms with E-state index < -0.39 is 6.04 Å². The van der Waals surface area contributed by atoms with Gasteiger partial charge in [0.15, 0.2) is 0 Å². The van der Waals surface area contributed by atoms with Crippen LogP contribution in [0, 0.1) is 0 Å². The lowest BCUT2D eigenvalue weighted by Gasteiger charge is -2.31. The molecule has 0 aliphatic heterocycles. The van der Waals surface area contributed by atoms with Crippen LogP contribution in [-0.2, 0) is 22.6 Å².